The average molecular weight is 344 g/mol. The van der Waals surface area contributed by atoms with Gasteiger partial charge in [0.2, 0.25) is 0 Å². The monoisotopic (exact) mass is 344 g/mol. The highest BCUT2D eigenvalue weighted by atomic mass is 32.2. The maximum Gasteiger partial charge on any atom is 0.270 e. The van der Waals surface area contributed by atoms with E-state index >= 15 is 0 Å². The summed E-state index contributed by atoms with van der Waals surface area (Å²) in [4.78, 5) is 15.0. The van der Waals surface area contributed by atoms with Crippen molar-refractivity contribution in [3.63, 3.8) is 0 Å². The van der Waals surface area contributed by atoms with Crippen molar-refractivity contribution in [1.29, 1.82) is 0 Å². The molecule has 0 fully saturated rings. The Hall–Kier alpha value is -1.92. The zero-order chi connectivity index (χ0) is 16.4. The molecule has 3 aromatic rings. The first-order valence-corrected chi connectivity index (χ1v) is 9.10. The van der Waals surface area contributed by atoms with Gasteiger partial charge in [0.05, 0.1) is 15.1 Å². The molecule has 1 heterocycles. The lowest BCUT2D eigenvalue weighted by Crippen LogP contribution is -1.87. The Morgan fingerprint density at radius 1 is 1.22 bits per heavy atom. The number of rotatable bonds is 5. The lowest BCUT2D eigenvalue weighted by Gasteiger charge is -2.06. The molecule has 1 aromatic heterocycles. The molecular formula is C17H16N2O2S2. The summed E-state index contributed by atoms with van der Waals surface area (Å²) >= 11 is 3.17. The first-order valence-electron chi connectivity index (χ1n) is 7.29. The minimum absolute atomic E-state index is 0.113. The van der Waals surface area contributed by atoms with Crippen LogP contribution in [0.3, 0.4) is 0 Å². The van der Waals surface area contributed by atoms with Crippen molar-refractivity contribution in [2.24, 2.45) is 0 Å². The van der Waals surface area contributed by atoms with Gasteiger partial charge in [-0.15, -0.1) is 11.3 Å². The number of thiazole rings is 1. The fourth-order valence-electron chi connectivity index (χ4n) is 2.21. The fraction of sp³-hybridized carbons (Fsp3) is 0.235. The lowest BCUT2D eigenvalue weighted by atomic mass is 10.0. The minimum atomic E-state index is -0.373. The number of aromatic nitrogens is 1. The highest BCUT2D eigenvalue weighted by Crippen LogP contribution is 2.33. The second kappa shape index (κ2) is 6.68. The molecule has 6 heteroatoms. The molecule has 4 nitrogen and oxygen atoms in total. The normalized spacial score (nSPS) is 11.3. The van der Waals surface area contributed by atoms with Crippen LogP contribution < -0.4 is 0 Å². The Bertz CT molecular complexity index is 841. The van der Waals surface area contributed by atoms with Gasteiger partial charge in [0.1, 0.15) is 0 Å². The molecule has 0 N–H and O–H groups in total. The largest absolute Gasteiger partial charge is 0.270 e. The average Bonchev–Trinajstić information content (AvgIpc) is 2.95. The predicted octanol–water partition coefficient (Wildman–Crippen LogP) is 5.62. The van der Waals surface area contributed by atoms with Gasteiger partial charge >= 0.3 is 0 Å². The highest BCUT2D eigenvalue weighted by molar-refractivity contribution is 8.00. The van der Waals surface area contributed by atoms with E-state index in [1.54, 1.807) is 23.9 Å². The number of benzene rings is 2. The summed E-state index contributed by atoms with van der Waals surface area (Å²) in [7, 11) is 0. The standard InChI is InChI=1S/C17H16N2O2S2/c1-11(2)13-5-3-12(4-6-13)10-22-17-18-15-8-7-14(19(20)21)9-16(15)23-17/h3-9,11H,10H2,1-2H3. The Morgan fingerprint density at radius 3 is 2.61 bits per heavy atom. The first-order chi connectivity index (χ1) is 11.0. The molecule has 0 aliphatic rings. The fourth-order valence-corrected chi connectivity index (χ4v) is 4.27. The third-order valence-electron chi connectivity index (χ3n) is 3.57. The molecule has 118 valence electrons. The van der Waals surface area contributed by atoms with Crippen molar-refractivity contribution in [3.8, 4) is 0 Å². The van der Waals surface area contributed by atoms with E-state index in [1.165, 1.54) is 28.5 Å². The Kier molecular flexibility index (Phi) is 4.63. The van der Waals surface area contributed by atoms with Crippen LogP contribution in [0.2, 0.25) is 0 Å². The topological polar surface area (TPSA) is 56.0 Å². The van der Waals surface area contributed by atoms with E-state index in [0.717, 1.165) is 20.3 Å². The summed E-state index contributed by atoms with van der Waals surface area (Å²) in [5.74, 6) is 1.39. The number of nitro benzene ring substituents is 1. The smallest absolute Gasteiger partial charge is 0.258 e. The maximum atomic E-state index is 10.8. The summed E-state index contributed by atoms with van der Waals surface area (Å²) in [6.45, 7) is 4.37. The van der Waals surface area contributed by atoms with Crippen LogP contribution in [0.5, 0.6) is 0 Å². The Morgan fingerprint density at radius 2 is 1.96 bits per heavy atom. The van der Waals surface area contributed by atoms with Crippen molar-refractivity contribution in [2.45, 2.75) is 29.9 Å². The van der Waals surface area contributed by atoms with E-state index in [9.17, 15) is 10.1 Å². The van der Waals surface area contributed by atoms with E-state index in [0.29, 0.717) is 5.92 Å². The molecule has 23 heavy (non-hydrogen) atoms. The number of non-ortho nitro benzene ring substituents is 1. The van der Waals surface area contributed by atoms with Crippen LogP contribution >= 0.6 is 23.1 Å². The zero-order valence-electron chi connectivity index (χ0n) is 12.9. The summed E-state index contributed by atoms with van der Waals surface area (Å²) in [5.41, 5.74) is 3.52. The van der Waals surface area contributed by atoms with Crippen molar-refractivity contribution in [3.05, 3.63) is 63.7 Å². The summed E-state index contributed by atoms with van der Waals surface area (Å²) in [5, 5.41) is 10.8. The van der Waals surface area contributed by atoms with Crippen LogP contribution in [-0.4, -0.2) is 9.91 Å². The van der Waals surface area contributed by atoms with Gasteiger partial charge in [-0.1, -0.05) is 49.9 Å². The molecule has 0 atom stereocenters. The van der Waals surface area contributed by atoms with Gasteiger partial charge in [-0.25, -0.2) is 4.98 Å². The van der Waals surface area contributed by atoms with E-state index < -0.39 is 0 Å². The second-order valence-corrected chi connectivity index (χ2v) is 7.83. The molecule has 0 saturated heterocycles. The van der Waals surface area contributed by atoms with Crippen molar-refractivity contribution >= 4 is 39.0 Å². The quantitative estimate of drug-likeness (QED) is 0.342. The third-order valence-corrected chi connectivity index (χ3v) is 5.80. The summed E-state index contributed by atoms with van der Waals surface area (Å²) in [6.07, 6.45) is 0. The SMILES string of the molecule is CC(C)c1ccc(CSc2nc3ccc([N+](=O)[O-])cc3s2)cc1. The first kappa shape index (κ1) is 16.0. The van der Waals surface area contributed by atoms with Gasteiger partial charge in [0, 0.05) is 17.9 Å². The molecular weight excluding hydrogens is 328 g/mol. The number of thioether (sulfide) groups is 1. The maximum absolute atomic E-state index is 10.8. The number of hydrogen-bond acceptors (Lipinski definition) is 5. The van der Waals surface area contributed by atoms with Crippen LogP contribution in [0.4, 0.5) is 5.69 Å². The van der Waals surface area contributed by atoms with Gasteiger partial charge < -0.3 is 0 Å². The van der Waals surface area contributed by atoms with Gasteiger partial charge in [-0.05, 0) is 23.1 Å². The van der Waals surface area contributed by atoms with Crippen LogP contribution in [0, 0.1) is 10.1 Å². The Balaban J connectivity index is 1.72. The predicted molar refractivity (Wildman–Crippen MR) is 96.4 cm³/mol. The van der Waals surface area contributed by atoms with E-state index in [-0.39, 0.29) is 10.6 Å². The zero-order valence-corrected chi connectivity index (χ0v) is 14.5. The van der Waals surface area contributed by atoms with E-state index in [2.05, 4.69) is 43.1 Å². The van der Waals surface area contributed by atoms with Gasteiger partial charge in [0.15, 0.2) is 4.34 Å². The molecule has 0 bridgehead atoms. The molecule has 0 aliphatic heterocycles. The van der Waals surface area contributed by atoms with Gasteiger partial charge in [-0.2, -0.15) is 0 Å². The molecule has 0 radical (unpaired) electrons. The molecule has 0 amide bonds. The molecule has 3 rings (SSSR count). The highest BCUT2D eigenvalue weighted by Gasteiger charge is 2.10. The summed E-state index contributed by atoms with van der Waals surface area (Å²) < 4.78 is 1.80. The van der Waals surface area contributed by atoms with Gasteiger partial charge in [-0.3, -0.25) is 10.1 Å². The van der Waals surface area contributed by atoms with E-state index in [1.807, 2.05) is 0 Å². The van der Waals surface area contributed by atoms with Crippen LogP contribution in [-0.2, 0) is 5.75 Å². The minimum Gasteiger partial charge on any atom is -0.258 e. The Labute approximate surface area is 142 Å². The van der Waals surface area contributed by atoms with Crippen molar-refractivity contribution in [2.75, 3.05) is 0 Å². The lowest BCUT2D eigenvalue weighted by molar-refractivity contribution is -0.384. The second-order valence-electron chi connectivity index (χ2n) is 5.57. The van der Waals surface area contributed by atoms with Crippen molar-refractivity contribution < 1.29 is 4.92 Å². The third kappa shape index (κ3) is 3.71. The molecule has 0 aliphatic carbocycles. The molecule has 0 spiro atoms. The molecule has 0 unspecified atom stereocenters. The van der Waals surface area contributed by atoms with Crippen LogP contribution in [0.1, 0.15) is 30.9 Å². The van der Waals surface area contributed by atoms with Gasteiger partial charge in [0.25, 0.3) is 5.69 Å². The van der Waals surface area contributed by atoms with Crippen LogP contribution in [0.15, 0.2) is 46.8 Å². The van der Waals surface area contributed by atoms with E-state index in [4.69, 9.17) is 0 Å². The molecule has 0 saturated carbocycles. The molecule has 2 aromatic carbocycles. The van der Waals surface area contributed by atoms with Crippen LogP contribution in [0.25, 0.3) is 10.2 Å². The number of fused-ring (bicyclic) bond motifs is 1. The summed E-state index contributed by atoms with van der Waals surface area (Å²) in [6, 6.07) is 13.5. The number of hydrogen-bond donors (Lipinski definition) is 0. The van der Waals surface area contributed by atoms with Crippen molar-refractivity contribution in [1.82, 2.24) is 4.98 Å². The number of nitro groups is 1. The number of nitrogens with zero attached hydrogens (tertiary/aromatic N) is 2.